The summed E-state index contributed by atoms with van der Waals surface area (Å²) in [4.78, 5) is 20.7. The molecule has 4 aromatic rings. The number of furan rings is 1. The number of anilines is 2. The molecule has 0 aliphatic rings. The summed E-state index contributed by atoms with van der Waals surface area (Å²) >= 11 is 0. The van der Waals surface area contributed by atoms with Gasteiger partial charge in [-0.15, -0.1) is 0 Å². The van der Waals surface area contributed by atoms with Gasteiger partial charge in [-0.2, -0.15) is 0 Å². The fourth-order valence-electron chi connectivity index (χ4n) is 3.51. The quantitative estimate of drug-likeness (QED) is 0.381. The normalized spacial score (nSPS) is 11.6. The maximum absolute atomic E-state index is 12.0. The second-order valence-corrected chi connectivity index (χ2v) is 7.29. The molecule has 2 heterocycles. The van der Waals surface area contributed by atoms with E-state index in [4.69, 9.17) is 13.9 Å². The maximum atomic E-state index is 12.0. The van der Waals surface area contributed by atoms with Crippen LogP contribution in [0.3, 0.4) is 0 Å². The molecular formula is C25H24N4O4. The van der Waals surface area contributed by atoms with Crippen molar-refractivity contribution in [3.05, 3.63) is 84.6 Å². The smallest absolute Gasteiger partial charge is 0.244 e. The van der Waals surface area contributed by atoms with E-state index in [1.165, 1.54) is 12.4 Å². The summed E-state index contributed by atoms with van der Waals surface area (Å²) in [7, 11) is 3.17. The van der Waals surface area contributed by atoms with E-state index >= 15 is 0 Å². The lowest BCUT2D eigenvalue weighted by Gasteiger charge is -2.17. The number of rotatable bonds is 8. The molecule has 0 aliphatic heterocycles. The zero-order chi connectivity index (χ0) is 23.4. The lowest BCUT2D eigenvalue weighted by molar-refractivity contribution is -0.117. The third-order valence-electron chi connectivity index (χ3n) is 5.17. The highest BCUT2D eigenvalue weighted by Gasteiger charge is 2.19. The van der Waals surface area contributed by atoms with Crippen LogP contribution in [0.1, 0.15) is 23.1 Å². The molecule has 0 saturated carbocycles. The SMILES string of the molecule is C=CC(=O)NC(c1ccc(Nc2ncnc3cc(OC)c(OC)cc23)cc1)c1ccc(C)o1. The number of hydrogen-bond donors (Lipinski definition) is 2. The van der Waals surface area contributed by atoms with Gasteiger partial charge in [0, 0.05) is 17.1 Å². The van der Waals surface area contributed by atoms with Crippen molar-refractivity contribution in [2.45, 2.75) is 13.0 Å². The van der Waals surface area contributed by atoms with Gasteiger partial charge in [0.25, 0.3) is 0 Å². The number of benzene rings is 2. The summed E-state index contributed by atoms with van der Waals surface area (Å²) in [5.74, 6) is 2.95. The highest BCUT2D eigenvalue weighted by atomic mass is 16.5. The molecule has 33 heavy (non-hydrogen) atoms. The number of aryl methyl sites for hydroxylation is 1. The molecule has 2 aromatic heterocycles. The van der Waals surface area contributed by atoms with Crippen LogP contribution in [0.4, 0.5) is 11.5 Å². The topological polar surface area (TPSA) is 98.5 Å². The molecule has 4 rings (SSSR count). The first-order valence-corrected chi connectivity index (χ1v) is 10.3. The Morgan fingerprint density at radius 1 is 1.06 bits per heavy atom. The van der Waals surface area contributed by atoms with E-state index in [9.17, 15) is 4.79 Å². The first-order chi connectivity index (χ1) is 16.0. The highest BCUT2D eigenvalue weighted by Crippen LogP contribution is 2.34. The van der Waals surface area contributed by atoms with E-state index in [0.717, 1.165) is 27.9 Å². The molecule has 0 spiro atoms. The monoisotopic (exact) mass is 444 g/mol. The number of nitrogens with zero attached hydrogens (tertiary/aromatic N) is 2. The van der Waals surface area contributed by atoms with Gasteiger partial charge in [0.2, 0.25) is 5.91 Å². The second-order valence-electron chi connectivity index (χ2n) is 7.29. The number of carbonyl (C=O) groups is 1. The molecule has 1 atom stereocenters. The lowest BCUT2D eigenvalue weighted by Crippen LogP contribution is -2.27. The first kappa shape index (κ1) is 21.9. The Bertz CT molecular complexity index is 1300. The molecular weight excluding hydrogens is 420 g/mol. The number of aromatic nitrogens is 2. The van der Waals surface area contributed by atoms with Crippen molar-refractivity contribution in [1.29, 1.82) is 0 Å². The number of methoxy groups -OCH3 is 2. The molecule has 0 aliphatic carbocycles. The maximum Gasteiger partial charge on any atom is 0.244 e. The fraction of sp³-hybridized carbons (Fsp3) is 0.160. The molecule has 8 heteroatoms. The van der Waals surface area contributed by atoms with Crippen LogP contribution in [-0.4, -0.2) is 30.1 Å². The summed E-state index contributed by atoms with van der Waals surface area (Å²) in [6.07, 6.45) is 2.73. The van der Waals surface area contributed by atoms with Gasteiger partial charge in [-0.05, 0) is 48.9 Å². The van der Waals surface area contributed by atoms with Gasteiger partial charge >= 0.3 is 0 Å². The lowest BCUT2D eigenvalue weighted by atomic mass is 10.0. The predicted molar refractivity (Wildman–Crippen MR) is 126 cm³/mol. The summed E-state index contributed by atoms with van der Waals surface area (Å²) < 4.78 is 16.5. The van der Waals surface area contributed by atoms with Crippen molar-refractivity contribution in [2.75, 3.05) is 19.5 Å². The molecule has 0 saturated heterocycles. The van der Waals surface area contributed by atoms with Gasteiger partial charge in [0.1, 0.15) is 29.7 Å². The van der Waals surface area contributed by atoms with Gasteiger partial charge in [-0.3, -0.25) is 4.79 Å². The van der Waals surface area contributed by atoms with Gasteiger partial charge in [0.15, 0.2) is 11.5 Å². The van der Waals surface area contributed by atoms with Crippen molar-refractivity contribution in [2.24, 2.45) is 0 Å². The molecule has 0 fully saturated rings. The number of fused-ring (bicyclic) bond motifs is 1. The molecule has 2 aromatic carbocycles. The molecule has 168 valence electrons. The molecule has 0 bridgehead atoms. The van der Waals surface area contributed by atoms with Crippen molar-refractivity contribution < 1.29 is 18.7 Å². The minimum absolute atomic E-state index is 0.284. The van der Waals surface area contributed by atoms with Crippen LogP contribution in [-0.2, 0) is 4.79 Å². The molecule has 1 amide bonds. The summed E-state index contributed by atoms with van der Waals surface area (Å²) in [6.45, 7) is 5.39. The third kappa shape index (κ3) is 4.64. The average Bonchev–Trinajstić information content (AvgIpc) is 3.28. The van der Waals surface area contributed by atoms with E-state index in [2.05, 4.69) is 27.2 Å². The van der Waals surface area contributed by atoms with Gasteiger partial charge in [-0.1, -0.05) is 18.7 Å². The number of hydrogen-bond acceptors (Lipinski definition) is 7. The molecule has 8 nitrogen and oxygen atoms in total. The van der Waals surface area contributed by atoms with Gasteiger partial charge in [-0.25, -0.2) is 9.97 Å². The average molecular weight is 444 g/mol. The third-order valence-corrected chi connectivity index (χ3v) is 5.17. The minimum Gasteiger partial charge on any atom is -0.493 e. The molecule has 0 radical (unpaired) electrons. The van der Waals surface area contributed by atoms with Gasteiger partial charge < -0.3 is 24.5 Å². The molecule has 2 N–H and O–H groups in total. The Labute approximate surface area is 191 Å². The number of carbonyl (C=O) groups excluding carboxylic acids is 1. The van der Waals surface area contributed by atoms with E-state index in [1.54, 1.807) is 14.2 Å². The van der Waals surface area contributed by atoms with E-state index in [1.807, 2.05) is 55.5 Å². The van der Waals surface area contributed by atoms with Crippen molar-refractivity contribution in [3.63, 3.8) is 0 Å². The summed E-state index contributed by atoms with van der Waals surface area (Å²) in [5, 5.41) is 7.03. The standard InChI is InChI=1S/C25H24N4O4/c1-5-23(30)29-24(20-11-6-15(2)33-20)16-7-9-17(10-8-16)28-25-18-12-21(31-3)22(32-4)13-19(18)26-14-27-25/h5-14,24H,1H2,2-4H3,(H,29,30)(H,26,27,28). The van der Waals surface area contributed by atoms with Crippen LogP contribution >= 0.6 is 0 Å². The Morgan fingerprint density at radius 2 is 1.79 bits per heavy atom. The van der Waals surface area contributed by atoms with Crippen LogP contribution in [0.15, 0.2) is 71.9 Å². The largest absolute Gasteiger partial charge is 0.493 e. The van der Waals surface area contributed by atoms with Crippen molar-refractivity contribution in [3.8, 4) is 11.5 Å². The van der Waals surface area contributed by atoms with Crippen LogP contribution < -0.4 is 20.1 Å². The summed E-state index contributed by atoms with van der Waals surface area (Å²) in [6, 6.07) is 14.6. The summed E-state index contributed by atoms with van der Waals surface area (Å²) in [5.41, 5.74) is 2.41. The van der Waals surface area contributed by atoms with E-state index in [0.29, 0.717) is 23.1 Å². The van der Waals surface area contributed by atoms with Crippen LogP contribution in [0, 0.1) is 6.92 Å². The number of nitrogens with one attached hydrogen (secondary N) is 2. The number of ether oxygens (including phenoxy) is 2. The zero-order valence-corrected chi connectivity index (χ0v) is 18.6. The van der Waals surface area contributed by atoms with E-state index in [-0.39, 0.29) is 5.91 Å². The van der Waals surface area contributed by atoms with Crippen LogP contribution in [0.5, 0.6) is 11.5 Å². The highest BCUT2D eigenvalue weighted by molar-refractivity contribution is 5.93. The van der Waals surface area contributed by atoms with Crippen molar-refractivity contribution in [1.82, 2.24) is 15.3 Å². The van der Waals surface area contributed by atoms with E-state index < -0.39 is 6.04 Å². The van der Waals surface area contributed by atoms with Crippen molar-refractivity contribution >= 4 is 28.3 Å². The van der Waals surface area contributed by atoms with Crippen LogP contribution in [0.25, 0.3) is 10.9 Å². The predicted octanol–water partition coefficient (Wildman–Crippen LogP) is 4.68. The van der Waals surface area contributed by atoms with Gasteiger partial charge in [0.05, 0.1) is 19.7 Å². The fourth-order valence-corrected chi connectivity index (χ4v) is 3.51. The first-order valence-electron chi connectivity index (χ1n) is 10.3. The molecule has 1 unspecified atom stereocenters. The minimum atomic E-state index is -0.435. The second kappa shape index (κ2) is 9.44. The Morgan fingerprint density at radius 3 is 2.42 bits per heavy atom. The Balaban J connectivity index is 1.63. The Hall–Kier alpha value is -4.33. The Kier molecular flexibility index (Phi) is 6.26. The zero-order valence-electron chi connectivity index (χ0n) is 18.6. The van der Waals surface area contributed by atoms with Crippen LogP contribution in [0.2, 0.25) is 0 Å². The number of amides is 1.